The fourth-order valence-electron chi connectivity index (χ4n) is 1.50. The van der Waals surface area contributed by atoms with E-state index in [1.807, 2.05) is 0 Å². The van der Waals surface area contributed by atoms with E-state index >= 15 is 0 Å². The Balaban J connectivity index is 2.84. The number of amides is 1. The number of hydrogen-bond acceptors (Lipinski definition) is 4. The first-order chi connectivity index (χ1) is 9.60. The molecule has 0 saturated heterocycles. The molecule has 1 atom stereocenters. The lowest BCUT2D eigenvalue weighted by Gasteiger charge is -2.14. The maximum Gasteiger partial charge on any atom is 0.326 e. The van der Waals surface area contributed by atoms with Gasteiger partial charge < -0.3 is 10.4 Å². The quantitative estimate of drug-likeness (QED) is 0.760. The van der Waals surface area contributed by atoms with Gasteiger partial charge >= 0.3 is 5.97 Å². The van der Waals surface area contributed by atoms with E-state index in [1.54, 1.807) is 0 Å². The van der Waals surface area contributed by atoms with E-state index in [0.717, 1.165) is 6.26 Å². The summed E-state index contributed by atoms with van der Waals surface area (Å²) in [6, 6.07) is 3.16. The number of carboxylic acid groups (broad SMARTS) is 1. The van der Waals surface area contributed by atoms with Crippen molar-refractivity contribution in [2.75, 3.05) is 12.0 Å². The minimum absolute atomic E-state index is 0.203. The molecule has 21 heavy (non-hydrogen) atoms. The van der Waals surface area contributed by atoms with Gasteiger partial charge in [0.15, 0.2) is 0 Å². The van der Waals surface area contributed by atoms with Crippen LogP contribution in [-0.4, -0.2) is 43.5 Å². The van der Waals surface area contributed by atoms with Gasteiger partial charge in [-0.3, -0.25) is 4.79 Å². The number of carboxylic acids is 1. The molecular formula is C12H13BrClNO5S. The monoisotopic (exact) mass is 397 g/mol. The van der Waals surface area contributed by atoms with Crippen molar-refractivity contribution in [2.24, 2.45) is 0 Å². The van der Waals surface area contributed by atoms with Gasteiger partial charge in [-0.1, -0.05) is 11.6 Å². The predicted octanol–water partition coefficient (Wildman–Crippen LogP) is 1.72. The number of aliphatic carboxylic acids is 1. The smallest absolute Gasteiger partial charge is 0.326 e. The van der Waals surface area contributed by atoms with Crippen molar-refractivity contribution < 1.29 is 23.1 Å². The molecule has 1 unspecified atom stereocenters. The van der Waals surface area contributed by atoms with Gasteiger partial charge in [-0.25, -0.2) is 13.2 Å². The zero-order valence-electron chi connectivity index (χ0n) is 11.0. The molecule has 0 fully saturated rings. The molecule has 1 rings (SSSR count). The van der Waals surface area contributed by atoms with Crippen LogP contribution >= 0.6 is 27.5 Å². The molecular weight excluding hydrogens is 386 g/mol. The number of rotatable bonds is 6. The Morgan fingerprint density at radius 1 is 1.43 bits per heavy atom. The van der Waals surface area contributed by atoms with Gasteiger partial charge in [0.25, 0.3) is 5.91 Å². The Bertz CT molecular complexity index is 662. The minimum atomic E-state index is -3.31. The second kappa shape index (κ2) is 7.24. The summed E-state index contributed by atoms with van der Waals surface area (Å²) in [5.41, 5.74) is 0.213. The molecule has 1 amide bonds. The number of hydrogen-bond donors (Lipinski definition) is 2. The number of benzene rings is 1. The number of carbonyl (C=O) groups is 2. The summed E-state index contributed by atoms with van der Waals surface area (Å²) in [7, 11) is -3.31. The van der Waals surface area contributed by atoms with E-state index in [0.29, 0.717) is 9.50 Å². The highest BCUT2D eigenvalue weighted by atomic mass is 79.9. The fourth-order valence-corrected chi connectivity index (χ4v) is 3.03. The Morgan fingerprint density at radius 3 is 2.52 bits per heavy atom. The third kappa shape index (κ3) is 6.03. The van der Waals surface area contributed by atoms with E-state index < -0.39 is 27.8 Å². The topological polar surface area (TPSA) is 101 Å². The highest BCUT2D eigenvalue weighted by Crippen LogP contribution is 2.21. The first-order valence-electron chi connectivity index (χ1n) is 5.76. The standard InChI is InChI=1S/C12H13BrClNO5S/c1-21(19,20)5-4-10(12(17)18)15-11(16)8-3-2-7(14)6-9(8)13/h2-3,6,10H,4-5H2,1H3,(H,15,16)(H,17,18). The van der Waals surface area contributed by atoms with Gasteiger partial charge in [0.2, 0.25) is 0 Å². The van der Waals surface area contributed by atoms with Gasteiger partial charge in [-0.2, -0.15) is 0 Å². The van der Waals surface area contributed by atoms with Crippen molar-refractivity contribution in [3.05, 3.63) is 33.3 Å². The summed E-state index contributed by atoms with van der Waals surface area (Å²) < 4.78 is 22.6. The van der Waals surface area contributed by atoms with Crippen molar-refractivity contribution in [1.82, 2.24) is 5.32 Å². The Labute approximate surface area is 135 Å². The molecule has 0 aliphatic carbocycles. The summed E-state index contributed by atoms with van der Waals surface area (Å²) in [6.45, 7) is 0. The molecule has 9 heteroatoms. The van der Waals surface area contributed by atoms with Gasteiger partial charge in [-0.15, -0.1) is 0 Å². The minimum Gasteiger partial charge on any atom is -0.480 e. The molecule has 0 aliphatic heterocycles. The zero-order chi connectivity index (χ0) is 16.2. The normalized spacial score (nSPS) is 12.7. The van der Waals surface area contributed by atoms with Crippen LogP contribution in [0.1, 0.15) is 16.8 Å². The summed E-state index contributed by atoms with van der Waals surface area (Å²) >= 11 is 8.91. The van der Waals surface area contributed by atoms with Crippen molar-refractivity contribution in [3.63, 3.8) is 0 Å². The van der Waals surface area contributed by atoms with Crippen LogP contribution in [0.4, 0.5) is 0 Å². The van der Waals surface area contributed by atoms with E-state index in [1.165, 1.54) is 18.2 Å². The van der Waals surface area contributed by atoms with Crippen molar-refractivity contribution in [1.29, 1.82) is 0 Å². The summed E-state index contributed by atoms with van der Waals surface area (Å²) in [5.74, 6) is -2.25. The van der Waals surface area contributed by atoms with Crippen LogP contribution in [0, 0.1) is 0 Å². The largest absolute Gasteiger partial charge is 0.480 e. The lowest BCUT2D eigenvalue weighted by atomic mass is 10.1. The van der Waals surface area contributed by atoms with Crippen molar-refractivity contribution in [3.8, 4) is 0 Å². The molecule has 0 bridgehead atoms. The average molecular weight is 399 g/mol. The van der Waals surface area contributed by atoms with Gasteiger partial charge in [-0.05, 0) is 40.5 Å². The van der Waals surface area contributed by atoms with Crippen LogP contribution in [-0.2, 0) is 14.6 Å². The summed E-state index contributed by atoms with van der Waals surface area (Å²) in [5, 5.41) is 11.7. The lowest BCUT2D eigenvalue weighted by Crippen LogP contribution is -2.42. The lowest BCUT2D eigenvalue weighted by molar-refractivity contribution is -0.139. The Hall–Kier alpha value is -1.12. The van der Waals surface area contributed by atoms with E-state index in [4.69, 9.17) is 16.7 Å². The molecule has 1 aromatic rings. The van der Waals surface area contributed by atoms with E-state index in [-0.39, 0.29) is 17.7 Å². The molecule has 6 nitrogen and oxygen atoms in total. The maximum absolute atomic E-state index is 12.0. The predicted molar refractivity (Wildman–Crippen MR) is 82.4 cm³/mol. The van der Waals surface area contributed by atoms with Gasteiger partial charge in [0, 0.05) is 15.8 Å². The number of carbonyl (C=O) groups excluding carboxylic acids is 1. The third-order valence-electron chi connectivity index (χ3n) is 2.56. The van der Waals surface area contributed by atoms with Crippen LogP contribution < -0.4 is 5.32 Å². The van der Waals surface area contributed by atoms with E-state index in [9.17, 15) is 18.0 Å². The maximum atomic E-state index is 12.0. The number of nitrogens with one attached hydrogen (secondary N) is 1. The van der Waals surface area contributed by atoms with E-state index in [2.05, 4.69) is 21.2 Å². The summed E-state index contributed by atoms with van der Waals surface area (Å²) in [4.78, 5) is 23.1. The van der Waals surface area contributed by atoms with Crippen LogP contribution in [0.3, 0.4) is 0 Å². The second-order valence-corrected chi connectivity index (χ2v) is 7.96. The molecule has 1 aromatic carbocycles. The number of sulfone groups is 1. The molecule has 116 valence electrons. The summed E-state index contributed by atoms with van der Waals surface area (Å²) in [6.07, 6.45) is 0.800. The van der Waals surface area contributed by atoms with Crippen LogP contribution in [0.5, 0.6) is 0 Å². The van der Waals surface area contributed by atoms with Crippen LogP contribution in [0.15, 0.2) is 22.7 Å². The molecule has 0 heterocycles. The van der Waals surface area contributed by atoms with Crippen molar-refractivity contribution >= 4 is 49.2 Å². The van der Waals surface area contributed by atoms with Crippen LogP contribution in [0.2, 0.25) is 5.02 Å². The molecule has 0 aromatic heterocycles. The van der Waals surface area contributed by atoms with Gasteiger partial charge in [0.05, 0.1) is 11.3 Å². The molecule has 0 aliphatic rings. The van der Waals surface area contributed by atoms with Crippen molar-refractivity contribution in [2.45, 2.75) is 12.5 Å². The SMILES string of the molecule is CS(=O)(=O)CCC(NC(=O)c1ccc(Cl)cc1Br)C(=O)O. The fraction of sp³-hybridized carbons (Fsp3) is 0.333. The van der Waals surface area contributed by atoms with Crippen LogP contribution in [0.25, 0.3) is 0 Å². The molecule has 0 saturated carbocycles. The highest BCUT2D eigenvalue weighted by molar-refractivity contribution is 9.10. The first-order valence-corrected chi connectivity index (χ1v) is 9.00. The van der Waals surface area contributed by atoms with Gasteiger partial charge in [0.1, 0.15) is 15.9 Å². The Kier molecular flexibility index (Phi) is 6.18. The highest BCUT2D eigenvalue weighted by Gasteiger charge is 2.23. The first kappa shape index (κ1) is 17.9. The second-order valence-electron chi connectivity index (χ2n) is 4.41. The molecule has 0 spiro atoms. The zero-order valence-corrected chi connectivity index (χ0v) is 14.1. The Morgan fingerprint density at radius 2 is 2.05 bits per heavy atom. The number of halogens is 2. The molecule has 0 radical (unpaired) electrons. The average Bonchev–Trinajstić information content (AvgIpc) is 2.32. The molecule has 2 N–H and O–H groups in total. The third-order valence-corrected chi connectivity index (χ3v) is 4.42.